The Bertz CT molecular complexity index is 931. The van der Waals surface area contributed by atoms with Gasteiger partial charge in [-0.05, 0) is 45.4 Å². The minimum Gasteiger partial charge on any atom is -0.356 e. The Morgan fingerprint density at radius 2 is 2.19 bits per heavy atom. The number of halogens is 2. The quantitative estimate of drug-likeness (QED) is 0.667. The number of aromatic amines is 1. The molecule has 142 valence electrons. The number of nitrogens with one attached hydrogen (secondary N) is 1. The third-order valence-corrected chi connectivity index (χ3v) is 5.79. The molecule has 0 aliphatic carbocycles. The zero-order valence-corrected chi connectivity index (χ0v) is 16.2. The summed E-state index contributed by atoms with van der Waals surface area (Å²) in [6.45, 7) is 5.26. The molecular weight excluding hydrogens is 367 g/mol. The van der Waals surface area contributed by atoms with Crippen LogP contribution in [0.15, 0.2) is 28.9 Å². The Hall–Kier alpha value is -2.18. The molecule has 1 fully saturated rings. The summed E-state index contributed by atoms with van der Waals surface area (Å²) in [7, 11) is 0. The third-order valence-electron chi connectivity index (χ3n) is 5.44. The zero-order chi connectivity index (χ0) is 19.0. The first-order valence-electron chi connectivity index (χ1n) is 9.19. The van der Waals surface area contributed by atoms with E-state index in [4.69, 9.17) is 16.1 Å². The molecule has 0 spiro atoms. The van der Waals surface area contributed by atoms with Gasteiger partial charge in [-0.3, -0.25) is 10.00 Å². The maximum absolute atomic E-state index is 14.3. The van der Waals surface area contributed by atoms with Crippen LogP contribution in [0.4, 0.5) is 4.39 Å². The topological polar surface area (TPSA) is 58.0 Å². The summed E-state index contributed by atoms with van der Waals surface area (Å²) in [5.41, 5.74) is 4.33. The number of hydrogen-bond acceptors (Lipinski definition) is 4. The normalized spacial score (nSPS) is 18.1. The molecule has 5 nitrogen and oxygen atoms in total. The fraction of sp³-hybridized carbons (Fsp3) is 0.400. The Labute approximate surface area is 162 Å². The number of aryl methyl sites for hydroxylation is 1. The average molecular weight is 389 g/mol. The second kappa shape index (κ2) is 7.44. The molecule has 0 bridgehead atoms. The SMILES string of the molecule is Cc1noc(-c2cn[nH]c2C2CCCCN2Cc2c(F)cccc2Cl)c1C. The minimum absolute atomic E-state index is 0.0942. The Morgan fingerprint density at radius 3 is 2.93 bits per heavy atom. The fourth-order valence-corrected chi connectivity index (χ4v) is 4.01. The Morgan fingerprint density at radius 1 is 1.33 bits per heavy atom. The smallest absolute Gasteiger partial charge is 0.173 e. The van der Waals surface area contributed by atoms with E-state index in [0.29, 0.717) is 17.1 Å². The van der Waals surface area contributed by atoms with Crippen LogP contribution in [0.3, 0.4) is 0 Å². The van der Waals surface area contributed by atoms with Gasteiger partial charge in [-0.25, -0.2) is 4.39 Å². The van der Waals surface area contributed by atoms with Crippen LogP contribution in [0.1, 0.15) is 47.8 Å². The van der Waals surface area contributed by atoms with E-state index < -0.39 is 0 Å². The van der Waals surface area contributed by atoms with E-state index in [0.717, 1.165) is 54.1 Å². The number of H-pyrrole nitrogens is 1. The van der Waals surface area contributed by atoms with Gasteiger partial charge in [-0.2, -0.15) is 5.10 Å². The van der Waals surface area contributed by atoms with Gasteiger partial charge in [0, 0.05) is 22.7 Å². The highest BCUT2D eigenvalue weighted by atomic mass is 35.5. The molecule has 3 aromatic rings. The van der Waals surface area contributed by atoms with Crippen molar-refractivity contribution in [2.24, 2.45) is 0 Å². The van der Waals surface area contributed by atoms with Gasteiger partial charge in [0.25, 0.3) is 0 Å². The van der Waals surface area contributed by atoms with E-state index >= 15 is 0 Å². The maximum Gasteiger partial charge on any atom is 0.173 e. The van der Waals surface area contributed by atoms with Gasteiger partial charge in [-0.1, -0.05) is 29.2 Å². The minimum atomic E-state index is -0.265. The van der Waals surface area contributed by atoms with Gasteiger partial charge in [0.1, 0.15) is 5.82 Å². The monoisotopic (exact) mass is 388 g/mol. The molecule has 0 radical (unpaired) electrons. The van der Waals surface area contributed by atoms with Crippen molar-refractivity contribution in [3.8, 4) is 11.3 Å². The molecule has 27 heavy (non-hydrogen) atoms. The predicted molar refractivity (Wildman–Crippen MR) is 102 cm³/mol. The lowest BCUT2D eigenvalue weighted by atomic mass is 9.95. The van der Waals surface area contributed by atoms with Crippen LogP contribution in [0.5, 0.6) is 0 Å². The van der Waals surface area contributed by atoms with E-state index in [9.17, 15) is 4.39 Å². The van der Waals surface area contributed by atoms with Gasteiger partial charge >= 0.3 is 0 Å². The number of hydrogen-bond donors (Lipinski definition) is 1. The highest BCUT2D eigenvalue weighted by molar-refractivity contribution is 6.31. The molecule has 1 saturated heterocycles. The lowest BCUT2D eigenvalue weighted by molar-refractivity contribution is 0.136. The second-order valence-corrected chi connectivity index (χ2v) is 7.51. The molecular formula is C20H22ClFN4O. The first kappa shape index (κ1) is 18.2. The van der Waals surface area contributed by atoms with Crippen LogP contribution in [0.2, 0.25) is 5.02 Å². The summed E-state index contributed by atoms with van der Waals surface area (Å²) in [5.74, 6) is 0.476. The predicted octanol–water partition coefficient (Wildman–Crippen LogP) is 5.20. The lowest BCUT2D eigenvalue weighted by Gasteiger charge is -2.35. The molecule has 4 rings (SSSR count). The number of likely N-dealkylation sites (tertiary alicyclic amines) is 1. The van der Waals surface area contributed by atoms with Crippen molar-refractivity contribution in [1.82, 2.24) is 20.3 Å². The zero-order valence-electron chi connectivity index (χ0n) is 15.4. The molecule has 7 heteroatoms. The third kappa shape index (κ3) is 3.39. The van der Waals surface area contributed by atoms with E-state index in [2.05, 4.69) is 20.3 Å². The van der Waals surface area contributed by atoms with Crippen LogP contribution in [0.25, 0.3) is 11.3 Å². The summed E-state index contributed by atoms with van der Waals surface area (Å²) in [6.07, 6.45) is 4.93. The van der Waals surface area contributed by atoms with E-state index in [1.165, 1.54) is 6.07 Å². The Balaban J connectivity index is 1.68. The van der Waals surface area contributed by atoms with Crippen LogP contribution >= 0.6 is 11.6 Å². The summed E-state index contributed by atoms with van der Waals surface area (Å²) >= 11 is 6.26. The Kier molecular flexibility index (Phi) is 5.02. The lowest BCUT2D eigenvalue weighted by Crippen LogP contribution is -2.33. The van der Waals surface area contributed by atoms with E-state index in [1.807, 2.05) is 13.8 Å². The van der Waals surface area contributed by atoms with Gasteiger partial charge in [0.05, 0.1) is 29.2 Å². The number of nitrogens with zero attached hydrogens (tertiary/aromatic N) is 3. The molecule has 1 N–H and O–H groups in total. The van der Waals surface area contributed by atoms with Crippen molar-refractivity contribution in [3.05, 3.63) is 57.8 Å². The molecule has 1 aliphatic rings. The molecule has 3 heterocycles. The van der Waals surface area contributed by atoms with E-state index in [1.54, 1.807) is 18.3 Å². The number of rotatable bonds is 4. The maximum atomic E-state index is 14.3. The van der Waals surface area contributed by atoms with Gasteiger partial charge < -0.3 is 4.52 Å². The molecule has 2 aromatic heterocycles. The first-order chi connectivity index (χ1) is 13.1. The van der Waals surface area contributed by atoms with Crippen molar-refractivity contribution in [2.45, 2.75) is 45.7 Å². The number of piperidine rings is 1. The van der Waals surface area contributed by atoms with Gasteiger partial charge in [0.15, 0.2) is 5.76 Å². The largest absolute Gasteiger partial charge is 0.356 e. The number of benzene rings is 1. The molecule has 1 aromatic carbocycles. The van der Waals surface area contributed by atoms with E-state index in [-0.39, 0.29) is 11.9 Å². The molecule has 0 saturated carbocycles. The van der Waals surface area contributed by atoms with Crippen LogP contribution in [-0.2, 0) is 6.54 Å². The fourth-order valence-electron chi connectivity index (χ4n) is 3.79. The van der Waals surface area contributed by atoms with Crippen molar-refractivity contribution >= 4 is 11.6 Å². The van der Waals surface area contributed by atoms with Crippen LogP contribution < -0.4 is 0 Å². The summed E-state index contributed by atoms with van der Waals surface area (Å²) < 4.78 is 19.9. The highest BCUT2D eigenvalue weighted by Crippen LogP contribution is 2.38. The first-order valence-corrected chi connectivity index (χ1v) is 9.57. The van der Waals surface area contributed by atoms with Crippen molar-refractivity contribution in [3.63, 3.8) is 0 Å². The van der Waals surface area contributed by atoms with Crippen molar-refractivity contribution in [1.29, 1.82) is 0 Å². The van der Waals surface area contributed by atoms with Crippen LogP contribution in [-0.4, -0.2) is 26.8 Å². The molecule has 1 unspecified atom stereocenters. The summed E-state index contributed by atoms with van der Waals surface area (Å²) in [5, 5.41) is 11.9. The second-order valence-electron chi connectivity index (χ2n) is 7.10. The highest BCUT2D eigenvalue weighted by Gasteiger charge is 2.30. The van der Waals surface area contributed by atoms with Crippen molar-refractivity contribution < 1.29 is 8.91 Å². The summed E-state index contributed by atoms with van der Waals surface area (Å²) in [4.78, 5) is 2.27. The number of aromatic nitrogens is 3. The van der Waals surface area contributed by atoms with Crippen molar-refractivity contribution in [2.75, 3.05) is 6.54 Å². The van der Waals surface area contributed by atoms with Crippen LogP contribution in [0, 0.1) is 19.7 Å². The standard InChI is InChI=1S/C20H22ClFN4O/c1-12-13(2)25-27-20(12)14-10-23-24-19(14)18-8-3-4-9-26(18)11-15-16(21)6-5-7-17(15)22/h5-7,10,18H,3-4,8-9,11H2,1-2H3,(H,23,24). The summed E-state index contributed by atoms with van der Waals surface area (Å²) in [6, 6.07) is 4.93. The molecule has 0 amide bonds. The average Bonchev–Trinajstić information content (AvgIpc) is 3.26. The van der Waals surface area contributed by atoms with Gasteiger partial charge in [0.2, 0.25) is 0 Å². The van der Waals surface area contributed by atoms with Gasteiger partial charge in [-0.15, -0.1) is 0 Å². The molecule has 1 aliphatic heterocycles. The molecule has 1 atom stereocenters.